The van der Waals surface area contributed by atoms with Gasteiger partial charge in [0.25, 0.3) is 0 Å². The Bertz CT molecular complexity index is 3410. The Labute approximate surface area is 380 Å². The summed E-state index contributed by atoms with van der Waals surface area (Å²) in [5.74, 6) is 0.704. The van der Waals surface area contributed by atoms with E-state index in [1.807, 2.05) is 6.07 Å². The Hall–Kier alpha value is -8.14. The zero-order valence-corrected chi connectivity index (χ0v) is 36.2. The van der Waals surface area contributed by atoms with Gasteiger partial charge >= 0.3 is 0 Å². The van der Waals surface area contributed by atoms with Gasteiger partial charge in [-0.05, 0) is 109 Å². The fourth-order valence-electron chi connectivity index (χ4n) is 11.4. The topological polar surface area (TPSA) is 29.0 Å². The Morgan fingerprint density at radius 3 is 1.60 bits per heavy atom. The lowest BCUT2D eigenvalue weighted by Crippen LogP contribution is -2.36. The molecule has 0 fully saturated rings. The van der Waals surface area contributed by atoms with Crippen molar-refractivity contribution in [2.45, 2.75) is 24.7 Å². The molecule has 9 aromatic carbocycles. The smallest absolute Gasteiger partial charge is 0.160 e. The standard InChI is InChI=1S/C62H43N3/c1-61(2)49-27-13-12-25-45(49)46-35-33-43(38-54(46)61)42-34-36-50-48(37-42)59-47(56-39-55(40-19-6-3-7-20-40)63-60(64-56)41-21-8-4-9-22-41)26-18-30-53(59)62(50)51-28-14-16-31-57(51)65(44-23-10-5-11-24-44)58-32-17-15-29-52(58)62/h3-39H,1-2H3. The van der Waals surface area contributed by atoms with Crippen molar-refractivity contribution in [2.75, 3.05) is 4.90 Å². The maximum Gasteiger partial charge on any atom is 0.160 e. The molecule has 0 saturated carbocycles. The molecule has 0 atom stereocenters. The van der Waals surface area contributed by atoms with Gasteiger partial charge in [-0.3, -0.25) is 0 Å². The van der Waals surface area contributed by atoms with Crippen molar-refractivity contribution in [2.24, 2.45) is 0 Å². The van der Waals surface area contributed by atoms with Gasteiger partial charge in [0.05, 0.1) is 28.2 Å². The number of aromatic nitrogens is 2. The molecule has 1 aliphatic heterocycles. The number of anilines is 3. The number of rotatable bonds is 5. The number of hydrogen-bond donors (Lipinski definition) is 0. The van der Waals surface area contributed by atoms with Gasteiger partial charge in [-0.15, -0.1) is 0 Å². The molecule has 1 spiro atoms. The van der Waals surface area contributed by atoms with Gasteiger partial charge < -0.3 is 4.90 Å². The van der Waals surface area contributed by atoms with Crippen molar-refractivity contribution in [1.29, 1.82) is 0 Å². The molecule has 3 aliphatic rings. The summed E-state index contributed by atoms with van der Waals surface area (Å²) in [6.45, 7) is 4.73. The van der Waals surface area contributed by atoms with E-state index in [9.17, 15) is 0 Å². The number of nitrogens with zero attached hydrogens (tertiary/aromatic N) is 3. The predicted molar refractivity (Wildman–Crippen MR) is 267 cm³/mol. The summed E-state index contributed by atoms with van der Waals surface area (Å²) in [5, 5.41) is 0. The average Bonchev–Trinajstić information content (AvgIpc) is 3.79. The van der Waals surface area contributed by atoms with Crippen LogP contribution in [0.1, 0.15) is 47.2 Å². The van der Waals surface area contributed by atoms with Crippen LogP contribution in [0.5, 0.6) is 0 Å². The molecule has 2 heterocycles. The van der Waals surface area contributed by atoms with E-state index in [0.717, 1.165) is 33.8 Å². The van der Waals surface area contributed by atoms with Crippen LogP contribution in [0.3, 0.4) is 0 Å². The molecular formula is C62H43N3. The van der Waals surface area contributed by atoms with Crippen LogP contribution < -0.4 is 4.90 Å². The first-order valence-electron chi connectivity index (χ1n) is 22.6. The summed E-state index contributed by atoms with van der Waals surface area (Å²) >= 11 is 0. The van der Waals surface area contributed by atoms with E-state index >= 15 is 0 Å². The zero-order chi connectivity index (χ0) is 43.3. The van der Waals surface area contributed by atoms with Crippen LogP contribution in [0.15, 0.2) is 224 Å². The lowest BCUT2D eigenvalue weighted by Gasteiger charge is -2.45. The summed E-state index contributed by atoms with van der Waals surface area (Å²) in [7, 11) is 0. The monoisotopic (exact) mass is 829 g/mol. The minimum absolute atomic E-state index is 0.109. The van der Waals surface area contributed by atoms with Gasteiger partial charge in [-0.25, -0.2) is 9.97 Å². The molecule has 306 valence electrons. The molecule has 0 unspecified atom stereocenters. The van der Waals surface area contributed by atoms with E-state index < -0.39 is 5.41 Å². The first kappa shape index (κ1) is 37.4. The van der Waals surface area contributed by atoms with Gasteiger partial charge in [0, 0.05) is 27.8 Å². The fraction of sp³-hybridized carbons (Fsp3) is 0.0645. The van der Waals surface area contributed by atoms with Crippen molar-refractivity contribution in [3.8, 4) is 67.3 Å². The van der Waals surface area contributed by atoms with Crippen LogP contribution in [0.25, 0.3) is 67.3 Å². The Morgan fingerprint density at radius 2 is 0.877 bits per heavy atom. The molecule has 10 aromatic rings. The van der Waals surface area contributed by atoms with Crippen molar-refractivity contribution in [3.05, 3.63) is 258 Å². The first-order chi connectivity index (χ1) is 32.0. The molecule has 0 amide bonds. The maximum absolute atomic E-state index is 5.46. The third-order valence-corrected chi connectivity index (χ3v) is 14.3. The molecule has 0 bridgehead atoms. The lowest BCUT2D eigenvalue weighted by atomic mass is 9.64. The Balaban J connectivity index is 1.10. The third kappa shape index (κ3) is 5.42. The van der Waals surface area contributed by atoms with Crippen LogP contribution in [0, 0.1) is 0 Å². The Kier molecular flexibility index (Phi) is 8.17. The van der Waals surface area contributed by atoms with E-state index in [4.69, 9.17) is 9.97 Å². The number of hydrogen-bond acceptors (Lipinski definition) is 3. The molecule has 65 heavy (non-hydrogen) atoms. The molecule has 0 radical (unpaired) electrons. The molecule has 3 nitrogen and oxygen atoms in total. The average molecular weight is 830 g/mol. The highest BCUT2D eigenvalue weighted by Crippen LogP contribution is 2.65. The van der Waals surface area contributed by atoms with Gasteiger partial charge in [0.2, 0.25) is 0 Å². The number of benzene rings is 9. The number of para-hydroxylation sites is 3. The van der Waals surface area contributed by atoms with Crippen LogP contribution in [0.2, 0.25) is 0 Å². The lowest BCUT2D eigenvalue weighted by molar-refractivity contribution is 0.660. The molecule has 2 aliphatic carbocycles. The summed E-state index contributed by atoms with van der Waals surface area (Å²) in [6, 6.07) is 82.0. The van der Waals surface area contributed by atoms with Gasteiger partial charge in [-0.1, -0.05) is 196 Å². The van der Waals surface area contributed by atoms with Crippen LogP contribution >= 0.6 is 0 Å². The van der Waals surface area contributed by atoms with Gasteiger partial charge in [-0.2, -0.15) is 0 Å². The summed E-state index contributed by atoms with van der Waals surface area (Å²) in [6.07, 6.45) is 0. The quantitative estimate of drug-likeness (QED) is 0.173. The van der Waals surface area contributed by atoms with Gasteiger partial charge in [0.15, 0.2) is 5.82 Å². The summed E-state index contributed by atoms with van der Waals surface area (Å²) in [4.78, 5) is 13.1. The normalized spacial score (nSPS) is 14.2. The molecular weight excluding hydrogens is 787 g/mol. The minimum Gasteiger partial charge on any atom is -0.310 e. The second kappa shape index (κ2) is 14.2. The van der Waals surface area contributed by atoms with Crippen molar-refractivity contribution >= 4 is 17.1 Å². The minimum atomic E-state index is -0.628. The third-order valence-electron chi connectivity index (χ3n) is 14.3. The van der Waals surface area contributed by atoms with E-state index in [2.05, 4.69) is 237 Å². The second-order valence-corrected chi connectivity index (χ2v) is 18.1. The van der Waals surface area contributed by atoms with E-state index in [1.165, 1.54) is 78.1 Å². The van der Waals surface area contributed by atoms with Crippen molar-refractivity contribution in [3.63, 3.8) is 0 Å². The van der Waals surface area contributed by atoms with Crippen LogP contribution in [-0.2, 0) is 10.8 Å². The second-order valence-electron chi connectivity index (χ2n) is 18.1. The highest BCUT2D eigenvalue weighted by atomic mass is 15.2. The first-order valence-corrected chi connectivity index (χ1v) is 22.6. The number of fused-ring (bicyclic) bond motifs is 12. The van der Waals surface area contributed by atoms with Crippen LogP contribution in [0.4, 0.5) is 17.1 Å². The van der Waals surface area contributed by atoms with Crippen molar-refractivity contribution < 1.29 is 0 Å². The van der Waals surface area contributed by atoms with Crippen LogP contribution in [-0.4, -0.2) is 9.97 Å². The zero-order valence-electron chi connectivity index (χ0n) is 36.2. The van der Waals surface area contributed by atoms with Crippen molar-refractivity contribution in [1.82, 2.24) is 9.97 Å². The van der Waals surface area contributed by atoms with Gasteiger partial charge in [0.1, 0.15) is 0 Å². The molecule has 0 N–H and O–H groups in total. The predicted octanol–water partition coefficient (Wildman–Crippen LogP) is 15.6. The summed E-state index contributed by atoms with van der Waals surface area (Å²) < 4.78 is 0. The highest BCUT2D eigenvalue weighted by molar-refractivity contribution is 6.01. The maximum atomic E-state index is 5.46. The van der Waals surface area contributed by atoms with E-state index in [0.29, 0.717) is 5.82 Å². The largest absolute Gasteiger partial charge is 0.310 e. The molecule has 13 rings (SSSR count). The SMILES string of the molecule is CC1(C)c2ccccc2-c2ccc(-c3ccc4c(c3)-c3c(-c5cc(-c6ccccc6)nc(-c6ccccc6)n5)cccc3C43c4ccccc4N(c4ccccc4)c4ccccc43)cc21. The van der Waals surface area contributed by atoms with E-state index in [-0.39, 0.29) is 5.41 Å². The Morgan fingerprint density at radius 1 is 0.338 bits per heavy atom. The summed E-state index contributed by atoms with van der Waals surface area (Å²) in [5.41, 5.74) is 22.9. The highest BCUT2D eigenvalue weighted by Gasteiger charge is 2.52. The fourth-order valence-corrected chi connectivity index (χ4v) is 11.4. The molecule has 1 aromatic heterocycles. The molecule has 0 saturated heterocycles. The van der Waals surface area contributed by atoms with E-state index in [1.54, 1.807) is 0 Å². The molecule has 3 heteroatoms.